The number of carboxylic acids is 1. The molecule has 6 nitrogen and oxygen atoms in total. The lowest BCUT2D eigenvalue weighted by molar-refractivity contribution is -0.146. The lowest BCUT2D eigenvalue weighted by atomic mass is 10.1. The molecule has 1 amide bonds. The van der Waals surface area contributed by atoms with Crippen molar-refractivity contribution in [3.05, 3.63) is 29.3 Å². The molecule has 1 aromatic rings. The summed E-state index contributed by atoms with van der Waals surface area (Å²) in [6, 6.07) is 5.20. The predicted octanol–water partition coefficient (Wildman–Crippen LogP) is 0.569. The molecule has 104 valence electrons. The predicted molar refractivity (Wildman–Crippen MR) is 68.3 cm³/mol. The third kappa shape index (κ3) is 4.26. The molecule has 0 bridgehead atoms. The smallest absolute Gasteiger partial charge is 0.332 e. The molecule has 0 radical (unpaired) electrons. The molecule has 1 aromatic carbocycles. The summed E-state index contributed by atoms with van der Waals surface area (Å²) in [5.41, 5.74) is 1.30. The molecule has 0 aliphatic heterocycles. The van der Waals surface area contributed by atoms with Gasteiger partial charge in [-0.05, 0) is 19.1 Å². The molecule has 3 N–H and O–H groups in total. The first-order chi connectivity index (χ1) is 8.95. The van der Waals surface area contributed by atoms with Crippen molar-refractivity contribution in [2.24, 2.45) is 0 Å². The molecule has 0 spiro atoms. The second kappa shape index (κ2) is 6.75. The van der Waals surface area contributed by atoms with Gasteiger partial charge in [0.15, 0.2) is 6.10 Å². The van der Waals surface area contributed by atoms with Gasteiger partial charge in [0.2, 0.25) is 0 Å². The fraction of sp³-hybridized carbons (Fsp3) is 0.385. The average molecular weight is 267 g/mol. The number of carbonyl (C=O) groups excluding carboxylic acids is 1. The van der Waals surface area contributed by atoms with Gasteiger partial charge in [-0.25, -0.2) is 4.79 Å². The van der Waals surface area contributed by atoms with Crippen LogP contribution in [-0.4, -0.2) is 41.8 Å². The summed E-state index contributed by atoms with van der Waals surface area (Å²) < 4.78 is 5.08. The molecule has 0 unspecified atom stereocenters. The summed E-state index contributed by atoms with van der Waals surface area (Å²) in [5, 5.41) is 20.1. The molecule has 0 aliphatic rings. The zero-order valence-electron chi connectivity index (χ0n) is 10.8. The van der Waals surface area contributed by atoms with Gasteiger partial charge >= 0.3 is 5.97 Å². The van der Waals surface area contributed by atoms with E-state index in [2.05, 4.69) is 5.32 Å². The fourth-order valence-corrected chi connectivity index (χ4v) is 1.54. The van der Waals surface area contributed by atoms with Crippen molar-refractivity contribution >= 4 is 11.9 Å². The number of aliphatic hydroxyl groups is 1. The van der Waals surface area contributed by atoms with Gasteiger partial charge in [0, 0.05) is 13.0 Å². The molecule has 6 heteroatoms. The Morgan fingerprint density at radius 3 is 2.68 bits per heavy atom. The number of carboxylic acid groups (broad SMARTS) is 1. The highest BCUT2D eigenvalue weighted by atomic mass is 16.5. The molecular formula is C13H17NO5. The summed E-state index contributed by atoms with van der Waals surface area (Å²) in [6.45, 7) is 1.92. The topological polar surface area (TPSA) is 95.9 Å². The minimum atomic E-state index is -1.47. The third-order valence-corrected chi connectivity index (χ3v) is 2.59. The minimum Gasteiger partial charge on any atom is -0.496 e. The highest BCUT2D eigenvalue weighted by Gasteiger charge is 2.15. The van der Waals surface area contributed by atoms with E-state index in [1.165, 1.54) is 7.11 Å². The third-order valence-electron chi connectivity index (χ3n) is 2.59. The fourth-order valence-electron chi connectivity index (χ4n) is 1.54. The van der Waals surface area contributed by atoms with Crippen LogP contribution in [0.4, 0.5) is 0 Å². The highest BCUT2D eigenvalue weighted by molar-refractivity contribution is 5.97. The van der Waals surface area contributed by atoms with E-state index < -0.39 is 12.1 Å². The quantitative estimate of drug-likeness (QED) is 0.700. The molecular weight excluding hydrogens is 250 g/mol. The lowest BCUT2D eigenvalue weighted by Gasteiger charge is -2.11. The van der Waals surface area contributed by atoms with Gasteiger partial charge in [0.1, 0.15) is 5.75 Å². The number of hydrogen-bond donors (Lipinski definition) is 3. The van der Waals surface area contributed by atoms with Gasteiger partial charge in [-0.2, -0.15) is 0 Å². The normalized spacial score (nSPS) is 11.7. The van der Waals surface area contributed by atoms with Crippen LogP contribution in [0.3, 0.4) is 0 Å². The SMILES string of the molecule is COc1ccc(C)cc1C(=O)NCC[C@H](O)C(=O)O. The summed E-state index contributed by atoms with van der Waals surface area (Å²) >= 11 is 0. The van der Waals surface area contributed by atoms with Crippen LogP contribution in [0, 0.1) is 6.92 Å². The number of hydrogen-bond acceptors (Lipinski definition) is 4. The standard InChI is InChI=1S/C13H17NO5/c1-8-3-4-11(19-2)9(7-8)12(16)14-6-5-10(15)13(17)18/h3-4,7,10,15H,5-6H2,1-2H3,(H,14,16)(H,17,18)/t10-/m0/s1. The Balaban J connectivity index is 2.63. The maximum Gasteiger partial charge on any atom is 0.332 e. The summed E-state index contributed by atoms with van der Waals surface area (Å²) in [4.78, 5) is 22.3. The molecule has 19 heavy (non-hydrogen) atoms. The number of aryl methyl sites for hydroxylation is 1. The van der Waals surface area contributed by atoms with Crippen molar-refractivity contribution in [1.29, 1.82) is 0 Å². The van der Waals surface area contributed by atoms with Crippen LogP contribution in [0.25, 0.3) is 0 Å². The largest absolute Gasteiger partial charge is 0.496 e. The highest BCUT2D eigenvalue weighted by Crippen LogP contribution is 2.19. The summed E-state index contributed by atoms with van der Waals surface area (Å²) in [5.74, 6) is -1.22. The molecule has 0 aromatic heterocycles. The first-order valence-corrected chi connectivity index (χ1v) is 5.79. The molecule has 0 saturated carbocycles. The molecule has 0 aliphatic carbocycles. The number of aliphatic carboxylic acids is 1. The van der Waals surface area contributed by atoms with E-state index in [9.17, 15) is 9.59 Å². The Labute approximate surface area is 111 Å². The number of methoxy groups -OCH3 is 1. The Hall–Kier alpha value is -2.08. The summed E-state index contributed by atoms with van der Waals surface area (Å²) in [7, 11) is 1.47. The van der Waals surface area contributed by atoms with Crippen LogP contribution in [0.5, 0.6) is 5.75 Å². The molecule has 1 atom stereocenters. The van der Waals surface area contributed by atoms with Crippen molar-refractivity contribution in [2.45, 2.75) is 19.4 Å². The maximum absolute atomic E-state index is 11.9. The van der Waals surface area contributed by atoms with Crippen molar-refractivity contribution < 1.29 is 24.5 Å². The van der Waals surface area contributed by atoms with E-state index in [1.54, 1.807) is 12.1 Å². The van der Waals surface area contributed by atoms with Crippen LogP contribution in [0.15, 0.2) is 18.2 Å². The number of nitrogens with one attached hydrogen (secondary N) is 1. The first-order valence-electron chi connectivity index (χ1n) is 5.79. The Bertz CT molecular complexity index is 472. The number of rotatable bonds is 6. The first kappa shape index (κ1) is 15.0. The van der Waals surface area contributed by atoms with E-state index in [0.717, 1.165) is 5.56 Å². The summed E-state index contributed by atoms with van der Waals surface area (Å²) in [6.07, 6.45) is -1.52. The zero-order valence-corrected chi connectivity index (χ0v) is 10.8. The van der Waals surface area contributed by atoms with Gasteiger partial charge in [0.25, 0.3) is 5.91 Å². The van der Waals surface area contributed by atoms with E-state index >= 15 is 0 Å². The van der Waals surface area contributed by atoms with Crippen LogP contribution in [-0.2, 0) is 4.79 Å². The number of benzene rings is 1. The maximum atomic E-state index is 11.9. The Morgan fingerprint density at radius 1 is 1.42 bits per heavy atom. The number of amides is 1. The molecule has 1 rings (SSSR count). The van der Waals surface area contributed by atoms with Gasteiger partial charge in [-0.15, -0.1) is 0 Å². The van der Waals surface area contributed by atoms with Crippen molar-refractivity contribution in [3.8, 4) is 5.75 Å². The van der Waals surface area contributed by atoms with E-state index in [0.29, 0.717) is 11.3 Å². The van der Waals surface area contributed by atoms with Crippen molar-refractivity contribution in [2.75, 3.05) is 13.7 Å². The molecule has 0 fully saturated rings. The van der Waals surface area contributed by atoms with E-state index in [-0.39, 0.29) is 18.9 Å². The lowest BCUT2D eigenvalue weighted by Crippen LogP contribution is -2.30. The van der Waals surface area contributed by atoms with Gasteiger partial charge in [-0.3, -0.25) is 4.79 Å². The number of ether oxygens (including phenoxy) is 1. The molecule has 0 saturated heterocycles. The minimum absolute atomic E-state index is 0.0464. The Morgan fingerprint density at radius 2 is 2.11 bits per heavy atom. The van der Waals surface area contributed by atoms with Gasteiger partial charge < -0.3 is 20.3 Å². The zero-order chi connectivity index (χ0) is 14.4. The number of carbonyl (C=O) groups is 2. The molecule has 0 heterocycles. The van der Waals surface area contributed by atoms with Crippen LogP contribution < -0.4 is 10.1 Å². The van der Waals surface area contributed by atoms with Crippen LogP contribution in [0.2, 0.25) is 0 Å². The monoisotopic (exact) mass is 267 g/mol. The Kier molecular flexibility index (Phi) is 5.32. The van der Waals surface area contributed by atoms with Gasteiger partial charge in [-0.1, -0.05) is 11.6 Å². The van der Waals surface area contributed by atoms with Gasteiger partial charge in [0.05, 0.1) is 12.7 Å². The average Bonchev–Trinajstić information content (AvgIpc) is 2.38. The van der Waals surface area contributed by atoms with E-state index in [4.69, 9.17) is 14.9 Å². The van der Waals surface area contributed by atoms with E-state index in [1.807, 2.05) is 13.0 Å². The van der Waals surface area contributed by atoms with Crippen molar-refractivity contribution in [3.63, 3.8) is 0 Å². The second-order valence-corrected chi connectivity index (χ2v) is 4.10. The van der Waals surface area contributed by atoms with Crippen LogP contribution >= 0.6 is 0 Å². The van der Waals surface area contributed by atoms with Crippen LogP contribution in [0.1, 0.15) is 22.3 Å². The van der Waals surface area contributed by atoms with Crippen molar-refractivity contribution in [1.82, 2.24) is 5.32 Å². The number of aliphatic hydroxyl groups excluding tert-OH is 1. The second-order valence-electron chi connectivity index (χ2n) is 4.10.